The quantitative estimate of drug-likeness (QED) is 0.924. The van der Waals surface area contributed by atoms with Gasteiger partial charge in [0.05, 0.1) is 17.4 Å². The van der Waals surface area contributed by atoms with E-state index in [-0.39, 0.29) is 17.4 Å². The molecule has 1 amide bonds. The van der Waals surface area contributed by atoms with Gasteiger partial charge in [-0.05, 0) is 25.5 Å². The van der Waals surface area contributed by atoms with Crippen molar-refractivity contribution in [1.82, 2.24) is 0 Å². The van der Waals surface area contributed by atoms with Crippen molar-refractivity contribution in [2.45, 2.75) is 32.5 Å². The van der Waals surface area contributed by atoms with Crippen LogP contribution in [0.5, 0.6) is 5.75 Å². The Hall–Kier alpha value is -2.23. The second-order valence-corrected chi connectivity index (χ2v) is 4.11. The zero-order chi connectivity index (χ0) is 15.3. The Morgan fingerprint density at radius 2 is 2.15 bits per heavy atom. The normalized spacial score (nSPS) is 12.4. The number of amides is 1. The molecule has 0 aliphatic carbocycles. The largest absolute Gasteiger partial charge is 0.491 e. The van der Waals surface area contributed by atoms with Gasteiger partial charge in [-0.2, -0.15) is 18.4 Å². The summed E-state index contributed by atoms with van der Waals surface area (Å²) < 4.78 is 41.9. The maximum Gasteiger partial charge on any atom is 0.471 e. The number of hydrogen-bond acceptors (Lipinski definition) is 3. The van der Waals surface area contributed by atoms with Crippen LogP contribution < -0.4 is 10.1 Å². The molecule has 0 aliphatic heterocycles. The molecule has 0 aromatic heterocycles. The van der Waals surface area contributed by atoms with Crippen molar-refractivity contribution in [3.8, 4) is 11.8 Å². The summed E-state index contributed by atoms with van der Waals surface area (Å²) in [5.41, 5.74) is -0.297. The van der Waals surface area contributed by atoms with Crippen LogP contribution in [-0.2, 0) is 4.79 Å². The number of hydrogen-bond donors (Lipinski definition) is 1. The van der Waals surface area contributed by atoms with E-state index in [0.29, 0.717) is 5.75 Å². The topological polar surface area (TPSA) is 62.1 Å². The number of nitrogens with zero attached hydrogens (tertiary/aromatic N) is 1. The summed E-state index contributed by atoms with van der Waals surface area (Å²) >= 11 is 0. The van der Waals surface area contributed by atoms with Gasteiger partial charge in [-0.1, -0.05) is 6.92 Å². The lowest BCUT2D eigenvalue weighted by molar-refractivity contribution is -0.167. The maximum atomic E-state index is 12.1. The molecular weight excluding hydrogens is 273 g/mol. The number of nitriles is 1. The van der Waals surface area contributed by atoms with Crippen molar-refractivity contribution in [1.29, 1.82) is 5.26 Å². The van der Waals surface area contributed by atoms with E-state index in [4.69, 9.17) is 10.00 Å². The monoisotopic (exact) mass is 286 g/mol. The van der Waals surface area contributed by atoms with E-state index in [2.05, 4.69) is 0 Å². The summed E-state index contributed by atoms with van der Waals surface area (Å²) in [4.78, 5) is 10.8. The van der Waals surface area contributed by atoms with Crippen LogP contribution in [0.1, 0.15) is 25.8 Å². The molecule has 1 rings (SSSR count). The lowest BCUT2D eigenvalue weighted by Crippen LogP contribution is -2.30. The molecule has 4 nitrogen and oxygen atoms in total. The molecule has 0 saturated heterocycles. The Morgan fingerprint density at radius 3 is 2.65 bits per heavy atom. The van der Waals surface area contributed by atoms with Crippen molar-refractivity contribution < 1.29 is 22.7 Å². The van der Waals surface area contributed by atoms with Gasteiger partial charge in [0.2, 0.25) is 0 Å². The first-order valence-electron chi connectivity index (χ1n) is 5.87. The first-order chi connectivity index (χ1) is 9.27. The summed E-state index contributed by atoms with van der Waals surface area (Å²) in [7, 11) is 0. The first kappa shape index (κ1) is 15.8. The zero-order valence-corrected chi connectivity index (χ0v) is 10.9. The van der Waals surface area contributed by atoms with E-state index in [9.17, 15) is 18.0 Å². The highest BCUT2D eigenvalue weighted by Crippen LogP contribution is 2.25. The predicted molar refractivity (Wildman–Crippen MR) is 66.2 cm³/mol. The van der Waals surface area contributed by atoms with Crippen LogP contribution in [0.4, 0.5) is 18.9 Å². The highest BCUT2D eigenvalue weighted by Gasteiger charge is 2.39. The third-order valence-electron chi connectivity index (χ3n) is 2.53. The van der Waals surface area contributed by atoms with E-state index in [1.165, 1.54) is 18.2 Å². The molecule has 0 unspecified atom stereocenters. The van der Waals surface area contributed by atoms with Gasteiger partial charge >= 0.3 is 12.1 Å². The molecule has 20 heavy (non-hydrogen) atoms. The number of halogens is 3. The molecule has 1 atom stereocenters. The Morgan fingerprint density at radius 1 is 1.50 bits per heavy atom. The lowest BCUT2D eigenvalue weighted by Gasteiger charge is -2.14. The minimum atomic E-state index is -5.00. The molecule has 7 heteroatoms. The van der Waals surface area contributed by atoms with Crippen LogP contribution in [0.2, 0.25) is 0 Å². The Kier molecular flexibility index (Phi) is 4.97. The van der Waals surface area contributed by atoms with Crippen LogP contribution >= 0.6 is 0 Å². The van der Waals surface area contributed by atoms with Crippen molar-refractivity contribution in [2.24, 2.45) is 0 Å². The molecule has 0 spiro atoms. The highest BCUT2D eigenvalue weighted by atomic mass is 19.4. The molecule has 0 bridgehead atoms. The van der Waals surface area contributed by atoms with Crippen molar-refractivity contribution in [2.75, 3.05) is 5.32 Å². The molecule has 0 heterocycles. The van der Waals surface area contributed by atoms with Gasteiger partial charge in [-0.25, -0.2) is 0 Å². The van der Waals surface area contributed by atoms with E-state index in [1.54, 1.807) is 11.4 Å². The van der Waals surface area contributed by atoms with Gasteiger partial charge in [0.1, 0.15) is 11.8 Å². The summed E-state index contributed by atoms with van der Waals surface area (Å²) in [5, 5.41) is 10.6. The minimum Gasteiger partial charge on any atom is -0.491 e. The van der Waals surface area contributed by atoms with Gasteiger partial charge < -0.3 is 10.1 Å². The van der Waals surface area contributed by atoms with Crippen LogP contribution in [0, 0.1) is 11.3 Å². The Bertz CT molecular complexity index is 535. The number of benzene rings is 1. The molecule has 0 fully saturated rings. The molecular formula is C13H13F3N2O2. The molecule has 1 N–H and O–H groups in total. The van der Waals surface area contributed by atoms with Gasteiger partial charge in [0.15, 0.2) is 0 Å². The van der Waals surface area contributed by atoms with Crippen LogP contribution in [0.25, 0.3) is 0 Å². The number of anilines is 1. The SMILES string of the molecule is CC[C@H](C)Oc1ccc(NC(=O)C(F)(F)F)c(C#N)c1. The van der Waals surface area contributed by atoms with Gasteiger partial charge in [0.25, 0.3) is 0 Å². The number of nitrogens with one attached hydrogen (secondary N) is 1. The van der Waals surface area contributed by atoms with E-state index >= 15 is 0 Å². The second-order valence-electron chi connectivity index (χ2n) is 4.11. The fourth-order valence-electron chi connectivity index (χ4n) is 1.31. The summed E-state index contributed by atoms with van der Waals surface area (Å²) in [5.74, 6) is -1.76. The average Bonchev–Trinajstić information content (AvgIpc) is 2.39. The smallest absolute Gasteiger partial charge is 0.471 e. The second kappa shape index (κ2) is 6.28. The number of carbonyl (C=O) groups is 1. The van der Waals surface area contributed by atoms with Crippen LogP contribution in [-0.4, -0.2) is 18.2 Å². The van der Waals surface area contributed by atoms with Gasteiger partial charge in [-0.15, -0.1) is 0 Å². The summed E-state index contributed by atoms with van der Waals surface area (Å²) in [6.45, 7) is 3.74. The van der Waals surface area contributed by atoms with E-state index < -0.39 is 12.1 Å². The summed E-state index contributed by atoms with van der Waals surface area (Å²) in [6.07, 6.45) is -4.34. The number of ether oxygens (including phenoxy) is 1. The van der Waals surface area contributed by atoms with Crippen LogP contribution in [0.3, 0.4) is 0 Å². The third kappa shape index (κ3) is 4.16. The zero-order valence-electron chi connectivity index (χ0n) is 10.9. The van der Waals surface area contributed by atoms with E-state index in [0.717, 1.165) is 6.42 Å². The fourth-order valence-corrected chi connectivity index (χ4v) is 1.31. The van der Waals surface area contributed by atoms with E-state index in [1.807, 2.05) is 13.8 Å². The lowest BCUT2D eigenvalue weighted by atomic mass is 10.1. The van der Waals surface area contributed by atoms with Crippen molar-refractivity contribution >= 4 is 11.6 Å². The first-order valence-corrected chi connectivity index (χ1v) is 5.87. The molecule has 0 saturated carbocycles. The standard InChI is InChI=1S/C13H13F3N2O2/c1-3-8(2)20-10-4-5-11(9(6-10)7-17)18-12(19)13(14,15)16/h4-6,8H,3H2,1-2H3,(H,18,19)/t8-/m0/s1. The van der Waals surface area contributed by atoms with Gasteiger partial charge in [-0.3, -0.25) is 4.79 Å². The van der Waals surface area contributed by atoms with Crippen LogP contribution in [0.15, 0.2) is 18.2 Å². The highest BCUT2D eigenvalue weighted by molar-refractivity contribution is 5.96. The number of carbonyl (C=O) groups excluding carboxylic acids is 1. The summed E-state index contributed by atoms with van der Waals surface area (Å²) in [6, 6.07) is 5.62. The predicted octanol–water partition coefficient (Wildman–Crippen LogP) is 3.24. The molecule has 1 aromatic rings. The molecule has 1 aromatic carbocycles. The molecule has 108 valence electrons. The Labute approximate surface area is 114 Å². The van der Waals surface area contributed by atoms with Crippen molar-refractivity contribution in [3.63, 3.8) is 0 Å². The third-order valence-corrected chi connectivity index (χ3v) is 2.53. The molecule has 0 radical (unpaired) electrons. The number of rotatable bonds is 4. The Balaban J connectivity index is 2.95. The molecule has 0 aliphatic rings. The average molecular weight is 286 g/mol. The minimum absolute atomic E-state index is 0.0860. The number of alkyl halides is 3. The van der Waals surface area contributed by atoms with Gasteiger partial charge in [0, 0.05) is 6.07 Å². The van der Waals surface area contributed by atoms with Crippen molar-refractivity contribution in [3.05, 3.63) is 23.8 Å². The maximum absolute atomic E-state index is 12.1. The fraction of sp³-hybridized carbons (Fsp3) is 0.385.